The van der Waals surface area contributed by atoms with Crippen LogP contribution in [0.25, 0.3) is 50.1 Å². The monoisotopic (exact) mass is 1360 g/mol. The fraction of sp³-hybridized carbons (Fsp3) is 0.370. The van der Waals surface area contributed by atoms with Gasteiger partial charge >= 0.3 is 12.2 Å². The molecule has 4 heterocycles. The largest absolute Gasteiger partial charge is 0.416 e. The van der Waals surface area contributed by atoms with Gasteiger partial charge in [0.25, 0.3) is 17.0 Å². The van der Waals surface area contributed by atoms with Crippen LogP contribution in [0.4, 0.5) is 23.7 Å². The number of pyridine rings is 2. The van der Waals surface area contributed by atoms with Gasteiger partial charge in [-0.05, 0) is 143 Å². The highest BCUT2D eigenvalue weighted by Crippen LogP contribution is 2.33. The van der Waals surface area contributed by atoms with E-state index in [0.717, 1.165) is 35.1 Å². The van der Waals surface area contributed by atoms with Gasteiger partial charge in [0, 0.05) is 86.0 Å². The van der Waals surface area contributed by atoms with Gasteiger partial charge < -0.3 is 44.4 Å². The molecule has 3 N–H and O–H groups in total. The van der Waals surface area contributed by atoms with E-state index in [1.807, 2.05) is 38.1 Å². The maximum Gasteiger partial charge on any atom is 0.416 e. The Labute approximate surface area is 571 Å². The highest BCUT2D eigenvalue weighted by molar-refractivity contribution is 5.97. The topological polar surface area (TPSA) is 268 Å². The van der Waals surface area contributed by atoms with Crippen molar-refractivity contribution in [3.8, 4) is 51.3 Å². The summed E-state index contributed by atoms with van der Waals surface area (Å²) in [4.78, 5) is 83.5. The number of nitrogens with one attached hydrogen (secondary N) is 3. The molecule has 0 atom stereocenters. The summed E-state index contributed by atoms with van der Waals surface area (Å²) in [5, 5.41) is 26.6. The molecule has 520 valence electrons. The first-order chi connectivity index (χ1) is 48.0. The fourth-order valence-electron chi connectivity index (χ4n) is 10.8. The Morgan fingerprint density at radius 1 is 0.525 bits per heavy atom. The molecule has 8 rings (SSSR count). The maximum absolute atomic E-state index is 14.0. The van der Waals surface area contributed by atoms with Crippen LogP contribution in [0, 0.1) is 38.7 Å². The smallest absolute Gasteiger partial charge is 0.379 e. The second-order valence-electron chi connectivity index (χ2n) is 22.9. The number of rotatable bonds is 40. The van der Waals surface area contributed by atoms with Gasteiger partial charge in [-0.15, -0.1) is 0 Å². The van der Waals surface area contributed by atoms with Crippen molar-refractivity contribution in [2.24, 2.45) is 0 Å². The van der Waals surface area contributed by atoms with E-state index in [0.29, 0.717) is 128 Å². The Balaban J connectivity index is 0.607. The maximum atomic E-state index is 14.0. The first-order valence-corrected chi connectivity index (χ1v) is 32.6. The van der Waals surface area contributed by atoms with Crippen molar-refractivity contribution in [3.05, 3.63) is 205 Å². The molecule has 8 aromatic rings. The number of ether oxygens (including phenoxy) is 6. The summed E-state index contributed by atoms with van der Waals surface area (Å²) in [6, 6.07) is 33.7. The summed E-state index contributed by atoms with van der Waals surface area (Å²) in [6.45, 7) is 16.9. The standard InChI is InChI=1S/C73H80F3N11O12/c1-51-12-8-14-59(46-51)84-53(3)63(67-28-31-82-86(67)57-23-19-54(50-77)20-24-57)49-65(71(84)92)69(90)79-32-36-96-40-44-99-45-41-97-37-33-81-72(93)80-29-7-5-6-16-61(88)17-10-34-94-38-42-98-43-39-95-35-11-18-68(89)64-48-62(66-27-30-83-87(66)58-25-21-56(78-4)22-26-58)52(2)85(70(64)91)60-15-9-13-55(47-60)73(74,75)76/h8-9,12-15,19-28,30-31,46-49H,5-7,10-11,16-18,29,32-45H2,1-3H3,(H,79,90)(H2,80,81,93). The third kappa shape index (κ3) is 21.7. The Hall–Kier alpha value is -10.2. The summed E-state index contributed by atoms with van der Waals surface area (Å²) in [5.41, 5.74) is 4.29. The van der Waals surface area contributed by atoms with Crippen molar-refractivity contribution in [2.45, 2.75) is 78.3 Å². The number of Topliss-reactive ketones (excluding diaryl/α,β-unsaturated/α-hetero) is 2. The lowest BCUT2D eigenvalue weighted by atomic mass is 10.0. The zero-order valence-corrected chi connectivity index (χ0v) is 55.6. The lowest BCUT2D eigenvalue weighted by Crippen LogP contribution is -2.37. The number of benzene rings is 4. The molecule has 0 saturated carbocycles. The minimum atomic E-state index is -4.68. The minimum Gasteiger partial charge on any atom is -0.379 e. The number of hydrogen-bond acceptors (Lipinski definition) is 15. The molecule has 0 unspecified atom stereocenters. The summed E-state index contributed by atoms with van der Waals surface area (Å²) >= 11 is 0. The third-order valence-corrected chi connectivity index (χ3v) is 15.8. The Morgan fingerprint density at radius 3 is 1.57 bits per heavy atom. The number of aryl methyl sites for hydroxylation is 1. The van der Waals surface area contributed by atoms with E-state index in [4.69, 9.17) is 35.0 Å². The number of hydrogen-bond donors (Lipinski definition) is 3. The predicted molar refractivity (Wildman–Crippen MR) is 364 cm³/mol. The van der Waals surface area contributed by atoms with Crippen molar-refractivity contribution in [1.29, 1.82) is 5.26 Å². The van der Waals surface area contributed by atoms with E-state index in [-0.39, 0.29) is 100.0 Å². The fourth-order valence-corrected chi connectivity index (χ4v) is 10.8. The van der Waals surface area contributed by atoms with Gasteiger partial charge in [-0.1, -0.05) is 36.8 Å². The van der Waals surface area contributed by atoms with Gasteiger partial charge in [0.2, 0.25) is 0 Å². The number of aromatic nitrogens is 6. The molecule has 0 radical (unpaired) electrons. The Bertz CT molecular complexity index is 4230. The number of nitrogens with zero attached hydrogens (tertiary/aromatic N) is 8. The molecule has 26 heteroatoms. The van der Waals surface area contributed by atoms with Crippen LogP contribution in [0.3, 0.4) is 0 Å². The van der Waals surface area contributed by atoms with Crippen molar-refractivity contribution in [1.82, 2.24) is 44.6 Å². The SMILES string of the molecule is [C-]#[N+]c1ccc(-n2nccc2-c2cc(C(=O)CCCOCCOCCOCCCC(=O)CCCCCNC(=O)NCCOCCOCCOCCNC(=O)c3cc(-c4ccnn4-c4ccc(C#N)cc4)c(C)n(-c4cccc(C)c4)c3=O)c(=O)n(-c3cccc(C(F)(F)F)c3)c2C)cc1. The summed E-state index contributed by atoms with van der Waals surface area (Å²) in [6.07, 6.45) is 2.30. The molecular weight excluding hydrogens is 1280 g/mol. The van der Waals surface area contributed by atoms with Gasteiger partial charge in [0.15, 0.2) is 11.5 Å². The second-order valence-corrected chi connectivity index (χ2v) is 22.9. The molecule has 0 spiro atoms. The Kier molecular flexibility index (Phi) is 28.7. The van der Waals surface area contributed by atoms with Gasteiger partial charge in [0.05, 0.1) is 131 Å². The van der Waals surface area contributed by atoms with Crippen LogP contribution in [0.2, 0.25) is 0 Å². The van der Waals surface area contributed by atoms with Gasteiger partial charge in [-0.3, -0.25) is 33.1 Å². The van der Waals surface area contributed by atoms with Crippen LogP contribution in [-0.4, -0.2) is 151 Å². The molecule has 0 bridgehead atoms. The summed E-state index contributed by atoms with van der Waals surface area (Å²) < 4.78 is 81.1. The molecule has 0 fully saturated rings. The van der Waals surface area contributed by atoms with Crippen LogP contribution in [0.1, 0.15) is 100 Å². The average molecular weight is 1360 g/mol. The van der Waals surface area contributed by atoms with Crippen molar-refractivity contribution in [3.63, 3.8) is 0 Å². The van der Waals surface area contributed by atoms with Crippen molar-refractivity contribution >= 4 is 29.2 Å². The van der Waals surface area contributed by atoms with E-state index in [1.165, 1.54) is 29.0 Å². The van der Waals surface area contributed by atoms with Crippen LogP contribution in [-0.2, 0) is 39.4 Å². The lowest BCUT2D eigenvalue weighted by molar-refractivity contribution is -0.137. The van der Waals surface area contributed by atoms with Crippen LogP contribution in [0.15, 0.2) is 143 Å². The van der Waals surface area contributed by atoms with E-state index >= 15 is 0 Å². The average Bonchev–Trinajstić information content (AvgIpc) is 1.71. The summed E-state index contributed by atoms with van der Waals surface area (Å²) in [5.74, 6) is -0.927. The first-order valence-electron chi connectivity index (χ1n) is 32.6. The molecule has 0 aliphatic rings. The number of carbonyl (C=O) groups is 4. The van der Waals surface area contributed by atoms with E-state index < -0.39 is 34.5 Å². The molecule has 0 aliphatic heterocycles. The van der Waals surface area contributed by atoms with Gasteiger partial charge in [0.1, 0.15) is 11.3 Å². The highest BCUT2D eigenvalue weighted by Gasteiger charge is 2.31. The van der Waals surface area contributed by atoms with Gasteiger partial charge in [-0.25, -0.2) is 19.0 Å². The predicted octanol–water partition coefficient (Wildman–Crippen LogP) is 10.8. The number of carbonyl (C=O) groups excluding carboxylic acids is 4. The number of ketones is 2. The molecule has 99 heavy (non-hydrogen) atoms. The van der Waals surface area contributed by atoms with E-state index in [2.05, 4.69) is 37.1 Å². The zero-order valence-electron chi connectivity index (χ0n) is 55.6. The van der Waals surface area contributed by atoms with Crippen LogP contribution >= 0.6 is 0 Å². The number of amides is 3. The molecule has 0 aliphatic carbocycles. The molecule has 0 saturated heterocycles. The normalized spacial score (nSPS) is 11.3. The molecule has 3 amide bonds. The van der Waals surface area contributed by atoms with E-state index in [1.54, 1.807) is 89.2 Å². The number of nitriles is 1. The molecular formula is C73H80F3N11O12. The lowest BCUT2D eigenvalue weighted by Gasteiger charge is -2.18. The number of alkyl halides is 3. The second kappa shape index (κ2) is 38.1. The van der Waals surface area contributed by atoms with Crippen LogP contribution < -0.4 is 27.1 Å². The molecule has 4 aromatic heterocycles. The highest BCUT2D eigenvalue weighted by atomic mass is 19.4. The van der Waals surface area contributed by atoms with Crippen molar-refractivity contribution < 1.29 is 60.8 Å². The minimum absolute atomic E-state index is 0.0518. The number of urea groups is 1. The quantitative estimate of drug-likeness (QED) is 0.0183. The van der Waals surface area contributed by atoms with Crippen LogP contribution in [0.5, 0.6) is 0 Å². The van der Waals surface area contributed by atoms with Gasteiger partial charge in [-0.2, -0.15) is 28.6 Å². The number of unbranched alkanes of at least 4 members (excludes halogenated alkanes) is 2. The number of halogens is 3. The van der Waals surface area contributed by atoms with E-state index in [9.17, 15) is 47.2 Å². The third-order valence-electron chi connectivity index (χ3n) is 15.8. The molecule has 4 aromatic carbocycles. The Morgan fingerprint density at radius 2 is 1.01 bits per heavy atom. The molecule has 23 nitrogen and oxygen atoms in total. The first kappa shape index (κ1) is 74.6. The van der Waals surface area contributed by atoms with Crippen molar-refractivity contribution in [2.75, 3.05) is 98.9 Å². The summed E-state index contributed by atoms with van der Waals surface area (Å²) in [7, 11) is 0. The zero-order chi connectivity index (χ0) is 70.5.